The first-order chi connectivity index (χ1) is 4.47. The summed E-state index contributed by atoms with van der Waals surface area (Å²) >= 11 is 1.82. The maximum absolute atomic E-state index is 2.19. The van der Waals surface area contributed by atoms with Crippen molar-refractivity contribution in [2.75, 3.05) is 0 Å². The minimum atomic E-state index is 1.12. The van der Waals surface area contributed by atoms with Gasteiger partial charge in [0.1, 0.15) is 0 Å². The molecule has 0 aromatic carbocycles. The molecule has 0 nitrogen and oxygen atoms in total. The first-order valence-electron chi connectivity index (χ1n) is 3.03. The van der Waals surface area contributed by atoms with Crippen LogP contribution in [0, 0.1) is 6.42 Å². The average molecular weight is 135 g/mol. The molecule has 0 amide bonds. The summed E-state index contributed by atoms with van der Waals surface area (Å²) in [5, 5.41) is 2.15. The number of allylic oxidation sites excluding steroid dienone is 1. The van der Waals surface area contributed by atoms with E-state index in [9.17, 15) is 0 Å². The van der Waals surface area contributed by atoms with E-state index >= 15 is 0 Å². The van der Waals surface area contributed by atoms with Crippen molar-refractivity contribution in [3.05, 3.63) is 34.4 Å². The quantitative estimate of drug-likeness (QED) is 0.512. The van der Waals surface area contributed by atoms with Crippen molar-refractivity contribution in [3.8, 4) is 0 Å². The Morgan fingerprint density at radius 2 is 2.44 bits per heavy atom. The molecule has 0 N–H and O–H groups in total. The van der Waals surface area contributed by atoms with Gasteiger partial charge in [-0.1, -0.05) is 6.08 Å². The lowest BCUT2D eigenvalue weighted by Crippen LogP contribution is -1.87. The summed E-state index contributed by atoms with van der Waals surface area (Å²) in [6.45, 7) is 0. The normalized spacial score (nSPS) is 15.6. The van der Waals surface area contributed by atoms with Crippen LogP contribution < -0.4 is 0 Å². The zero-order valence-corrected chi connectivity index (χ0v) is 5.82. The third kappa shape index (κ3) is 0.815. The van der Waals surface area contributed by atoms with Gasteiger partial charge in [0, 0.05) is 4.88 Å². The van der Waals surface area contributed by atoms with Gasteiger partial charge in [-0.15, -0.1) is 11.3 Å². The van der Waals surface area contributed by atoms with Crippen molar-refractivity contribution in [1.82, 2.24) is 0 Å². The molecular formula is C8H7S. The number of fused-ring (bicyclic) bond motifs is 1. The molecule has 1 heterocycles. The molecule has 0 bridgehead atoms. The first-order valence-corrected chi connectivity index (χ1v) is 3.91. The standard InChI is InChI=1S/C8H7S/c1-2-4-8-7(3-1)5-6-9-8/h1-2,4-6H,3H2. The van der Waals surface area contributed by atoms with Gasteiger partial charge in [-0.3, -0.25) is 0 Å². The molecule has 0 unspecified atom stereocenters. The van der Waals surface area contributed by atoms with Gasteiger partial charge < -0.3 is 0 Å². The molecule has 9 heavy (non-hydrogen) atoms. The van der Waals surface area contributed by atoms with E-state index in [2.05, 4.69) is 30.0 Å². The molecule has 0 saturated heterocycles. The zero-order valence-electron chi connectivity index (χ0n) is 5.00. The fourth-order valence-corrected chi connectivity index (χ4v) is 1.85. The van der Waals surface area contributed by atoms with Crippen LogP contribution in [0.5, 0.6) is 0 Å². The Hall–Kier alpha value is -0.560. The monoisotopic (exact) mass is 135 g/mol. The molecule has 1 aliphatic carbocycles. The summed E-state index contributed by atoms with van der Waals surface area (Å²) < 4.78 is 0. The van der Waals surface area contributed by atoms with E-state index in [-0.39, 0.29) is 0 Å². The lowest BCUT2D eigenvalue weighted by atomic mass is 10.1. The summed E-state index contributed by atoms with van der Waals surface area (Å²) in [7, 11) is 0. The molecule has 0 fully saturated rings. The summed E-state index contributed by atoms with van der Waals surface area (Å²) in [4.78, 5) is 1.43. The van der Waals surface area contributed by atoms with Crippen LogP contribution in [0.4, 0.5) is 0 Å². The van der Waals surface area contributed by atoms with E-state index in [1.807, 2.05) is 11.3 Å². The van der Waals surface area contributed by atoms with Gasteiger partial charge in [-0.05, 0) is 35.9 Å². The molecule has 1 aromatic rings. The molecule has 0 spiro atoms. The van der Waals surface area contributed by atoms with Crippen LogP contribution in [0.15, 0.2) is 17.5 Å². The molecular weight excluding hydrogens is 128 g/mol. The largest absolute Gasteiger partial charge is 0.144 e. The SMILES string of the molecule is [CH]1C=Cc2sccc2C1. The van der Waals surface area contributed by atoms with E-state index in [0.29, 0.717) is 0 Å². The van der Waals surface area contributed by atoms with Gasteiger partial charge in [0.25, 0.3) is 0 Å². The maximum atomic E-state index is 2.19. The van der Waals surface area contributed by atoms with Crippen LogP contribution >= 0.6 is 11.3 Å². The number of hydrogen-bond acceptors (Lipinski definition) is 1. The minimum Gasteiger partial charge on any atom is -0.144 e. The maximum Gasteiger partial charge on any atom is 0.0299 e. The summed E-state index contributed by atoms with van der Waals surface area (Å²) in [6, 6.07) is 2.19. The lowest BCUT2D eigenvalue weighted by Gasteiger charge is -2.01. The predicted molar refractivity (Wildman–Crippen MR) is 41.4 cm³/mol. The van der Waals surface area contributed by atoms with Crippen LogP contribution in [0.3, 0.4) is 0 Å². The molecule has 0 saturated carbocycles. The lowest BCUT2D eigenvalue weighted by molar-refractivity contribution is 1.20. The van der Waals surface area contributed by atoms with Crippen molar-refractivity contribution in [1.29, 1.82) is 0 Å². The van der Waals surface area contributed by atoms with Gasteiger partial charge in [0.05, 0.1) is 0 Å². The van der Waals surface area contributed by atoms with Gasteiger partial charge in [-0.2, -0.15) is 0 Å². The van der Waals surface area contributed by atoms with E-state index < -0.39 is 0 Å². The molecule has 0 atom stereocenters. The third-order valence-electron chi connectivity index (χ3n) is 1.50. The zero-order chi connectivity index (χ0) is 6.10. The van der Waals surface area contributed by atoms with E-state index in [0.717, 1.165) is 6.42 Å². The second-order valence-corrected chi connectivity index (χ2v) is 3.06. The Labute approximate surface area is 58.8 Å². The van der Waals surface area contributed by atoms with Crippen LogP contribution in [-0.2, 0) is 6.42 Å². The highest BCUT2D eigenvalue weighted by molar-refractivity contribution is 7.11. The molecule has 1 aliphatic rings. The highest BCUT2D eigenvalue weighted by atomic mass is 32.1. The smallest absolute Gasteiger partial charge is 0.0299 e. The van der Waals surface area contributed by atoms with Crippen molar-refractivity contribution in [3.63, 3.8) is 0 Å². The van der Waals surface area contributed by atoms with Gasteiger partial charge >= 0.3 is 0 Å². The Morgan fingerprint density at radius 1 is 1.44 bits per heavy atom. The Balaban J connectivity index is 2.53. The fourth-order valence-electron chi connectivity index (χ4n) is 1.01. The van der Waals surface area contributed by atoms with E-state index in [1.54, 1.807) is 0 Å². The molecule has 0 aliphatic heterocycles. The van der Waals surface area contributed by atoms with Crippen molar-refractivity contribution in [2.45, 2.75) is 6.42 Å². The topological polar surface area (TPSA) is 0 Å². The number of rotatable bonds is 0. The van der Waals surface area contributed by atoms with E-state index in [1.165, 1.54) is 10.4 Å². The Morgan fingerprint density at radius 3 is 3.33 bits per heavy atom. The highest BCUT2D eigenvalue weighted by Gasteiger charge is 2.03. The molecule has 45 valence electrons. The molecule has 1 heteroatoms. The van der Waals surface area contributed by atoms with Crippen LogP contribution in [-0.4, -0.2) is 0 Å². The summed E-state index contributed by atoms with van der Waals surface area (Å²) in [5.74, 6) is 0. The minimum absolute atomic E-state index is 1.12. The molecule has 1 aromatic heterocycles. The number of hydrogen-bond donors (Lipinski definition) is 0. The second-order valence-electron chi connectivity index (χ2n) is 2.11. The van der Waals surface area contributed by atoms with Crippen molar-refractivity contribution in [2.24, 2.45) is 0 Å². The van der Waals surface area contributed by atoms with Crippen molar-refractivity contribution < 1.29 is 0 Å². The van der Waals surface area contributed by atoms with Crippen LogP contribution in [0.25, 0.3) is 6.08 Å². The molecule has 1 radical (unpaired) electrons. The number of thiophene rings is 1. The summed E-state index contributed by atoms with van der Waals surface area (Å²) in [6.07, 6.45) is 7.60. The Bertz CT molecular complexity index is 232. The second kappa shape index (κ2) is 1.99. The first kappa shape index (κ1) is 5.24. The summed E-state index contributed by atoms with van der Waals surface area (Å²) in [5.41, 5.74) is 1.47. The van der Waals surface area contributed by atoms with Crippen LogP contribution in [0.2, 0.25) is 0 Å². The molecule has 2 rings (SSSR count). The highest BCUT2D eigenvalue weighted by Crippen LogP contribution is 2.23. The van der Waals surface area contributed by atoms with Gasteiger partial charge in [-0.25, -0.2) is 0 Å². The fraction of sp³-hybridized carbons (Fsp3) is 0.125. The average Bonchev–Trinajstić information content (AvgIpc) is 2.33. The van der Waals surface area contributed by atoms with Gasteiger partial charge in [0.15, 0.2) is 0 Å². The van der Waals surface area contributed by atoms with Crippen molar-refractivity contribution >= 4 is 17.4 Å². The van der Waals surface area contributed by atoms with Crippen LogP contribution in [0.1, 0.15) is 10.4 Å². The van der Waals surface area contributed by atoms with Gasteiger partial charge in [0.2, 0.25) is 0 Å². The Kier molecular flexibility index (Phi) is 1.16. The van der Waals surface area contributed by atoms with E-state index in [4.69, 9.17) is 0 Å². The third-order valence-corrected chi connectivity index (χ3v) is 2.43. The predicted octanol–water partition coefficient (Wildman–Crippen LogP) is 2.52.